The Morgan fingerprint density at radius 3 is 2.83 bits per heavy atom. The monoisotopic (exact) mass is 494 g/mol. The van der Waals surface area contributed by atoms with E-state index in [0.717, 1.165) is 30.1 Å². The van der Waals surface area contributed by atoms with Gasteiger partial charge in [-0.1, -0.05) is 29.5 Å². The van der Waals surface area contributed by atoms with Crippen molar-refractivity contribution in [1.82, 2.24) is 14.5 Å². The summed E-state index contributed by atoms with van der Waals surface area (Å²) in [4.78, 5) is 49.6. The number of ether oxygens (including phenoxy) is 1. The zero-order chi connectivity index (χ0) is 24.4. The van der Waals surface area contributed by atoms with Crippen molar-refractivity contribution in [2.24, 2.45) is 11.8 Å². The molecule has 1 saturated carbocycles. The molecular weight excluding hydrogens is 464 g/mol. The summed E-state index contributed by atoms with van der Waals surface area (Å²) >= 11 is 1.30. The van der Waals surface area contributed by atoms with Crippen LogP contribution in [0.25, 0.3) is 10.3 Å². The van der Waals surface area contributed by atoms with Crippen molar-refractivity contribution in [3.8, 4) is 5.75 Å². The van der Waals surface area contributed by atoms with Crippen LogP contribution in [-0.4, -0.2) is 45.8 Å². The van der Waals surface area contributed by atoms with Crippen LogP contribution in [0.4, 0.5) is 5.13 Å². The molecule has 5 rings (SSSR count). The number of piperidine rings is 1. The Kier molecular flexibility index (Phi) is 6.95. The molecule has 2 fully saturated rings. The molecule has 1 atom stereocenters. The molecule has 3 aromatic rings. The maximum Gasteiger partial charge on any atom is 0.273 e. The van der Waals surface area contributed by atoms with Gasteiger partial charge in [-0.15, -0.1) is 0 Å². The number of nitrogens with zero attached hydrogens (tertiary/aromatic N) is 4. The van der Waals surface area contributed by atoms with Gasteiger partial charge in [-0.25, -0.2) is 4.98 Å². The molecule has 1 aliphatic carbocycles. The predicted molar refractivity (Wildman–Crippen MR) is 135 cm³/mol. The number of hydrogen-bond acceptors (Lipinski definition) is 8. The number of anilines is 1. The van der Waals surface area contributed by atoms with Gasteiger partial charge in [0.1, 0.15) is 22.6 Å². The molecule has 3 heterocycles. The SMILES string of the molecule is CCOc1ccccc1CC(=O)Cn1cnc2nc(N3CCCC(C(=O)CC4CC4)C3)sc2c1=O. The number of fused-ring (bicyclic) bond motifs is 1. The van der Waals surface area contributed by atoms with Crippen LogP contribution in [0.15, 0.2) is 35.4 Å². The van der Waals surface area contributed by atoms with Crippen molar-refractivity contribution >= 4 is 38.4 Å². The van der Waals surface area contributed by atoms with Crippen LogP contribution in [0.3, 0.4) is 0 Å². The van der Waals surface area contributed by atoms with Crippen molar-refractivity contribution in [2.75, 3.05) is 24.6 Å². The summed E-state index contributed by atoms with van der Waals surface area (Å²) in [5, 5.41) is 0.725. The van der Waals surface area contributed by atoms with Gasteiger partial charge in [-0.2, -0.15) is 4.98 Å². The minimum absolute atomic E-state index is 0.0400. The van der Waals surface area contributed by atoms with Crippen molar-refractivity contribution in [1.29, 1.82) is 0 Å². The van der Waals surface area contributed by atoms with E-state index in [4.69, 9.17) is 4.74 Å². The minimum atomic E-state index is -0.261. The molecule has 2 aliphatic rings. The summed E-state index contributed by atoms with van der Waals surface area (Å²) in [5.74, 6) is 1.59. The smallest absolute Gasteiger partial charge is 0.273 e. The molecule has 0 amide bonds. The van der Waals surface area contributed by atoms with Crippen LogP contribution in [0.5, 0.6) is 5.75 Å². The summed E-state index contributed by atoms with van der Waals surface area (Å²) in [6, 6.07) is 7.45. The first-order valence-corrected chi connectivity index (χ1v) is 13.2. The molecule has 8 nitrogen and oxygen atoms in total. The number of carbonyl (C=O) groups is 2. The second kappa shape index (κ2) is 10.3. The predicted octanol–water partition coefficient (Wildman–Crippen LogP) is 3.65. The second-order valence-electron chi connectivity index (χ2n) is 9.48. The number of Topliss-reactive ketones (excluding diaryl/α,β-unsaturated/α-hetero) is 2. The Morgan fingerprint density at radius 1 is 1.20 bits per heavy atom. The topological polar surface area (TPSA) is 94.4 Å². The summed E-state index contributed by atoms with van der Waals surface area (Å²) in [7, 11) is 0. The molecule has 1 saturated heterocycles. The largest absolute Gasteiger partial charge is 0.494 e. The first kappa shape index (κ1) is 23.7. The van der Waals surface area contributed by atoms with Crippen LogP contribution in [0, 0.1) is 11.8 Å². The van der Waals surface area contributed by atoms with Crippen LogP contribution in [0.1, 0.15) is 44.6 Å². The fourth-order valence-corrected chi connectivity index (χ4v) is 5.68. The van der Waals surface area contributed by atoms with Crippen molar-refractivity contribution < 1.29 is 14.3 Å². The molecule has 0 radical (unpaired) electrons. The van der Waals surface area contributed by atoms with Crippen molar-refractivity contribution in [2.45, 2.75) is 52.0 Å². The van der Waals surface area contributed by atoms with Gasteiger partial charge >= 0.3 is 0 Å². The number of benzene rings is 1. The Bertz CT molecular complexity index is 1300. The maximum absolute atomic E-state index is 13.1. The van der Waals surface area contributed by atoms with Crippen LogP contribution < -0.4 is 15.2 Å². The molecule has 1 aliphatic heterocycles. The van der Waals surface area contributed by atoms with Crippen LogP contribution in [0.2, 0.25) is 0 Å². The number of ketones is 2. The molecule has 0 bridgehead atoms. The molecule has 35 heavy (non-hydrogen) atoms. The molecule has 1 unspecified atom stereocenters. The van der Waals surface area contributed by atoms with Gasteiger partial charge in [0.15, 0.2) is 16.6 Å². The Hall–Kier alpha value is -3.07. The number of aromatic nitrogens is 3. The van der Waals surface area contributed by atoms with E-state index in [9.17, 15) is 14.4 Å². The molecule has 2 aromatic heterocycles. The standard InChI is InChI=1S/C26H30N4O4S/c1-2-34-22-8-4-3-6-18(22)13-20(31)15-30-16-27-24-23(25(30)33)35-26(28-24)29-11-5-7-19(14-29)21(32)12-17-9-10-17/h3-4,6,8,16-17,19H,2,5,7,9-15H2,1H3. The summed E-state index contributed by atoms with van der Waals surface area (Å²) in [6.07, 6.45) is 6.50. The highest BCUT2D eigenvalue weighted by atomic mass is 32.1. The zero-order valence-corrected chi connectivity index (χ0v) is 20.8. The van der Waals surface area contributed by atoms with E-state index in [1.807, 2.05) is 31.2 Å². The van der Waals surface area contributed by atoms with E-state index >= 15 is 0 Å². The highest BCUT2D eigenvalue weighted by Gasteiger charge is 2.32. The van der Waals surface area contributed by atoms with Gasteiger partial charge < -0.3 is 9.64 Å². The first-order chi connectivity index (χ1) is 17.0. The number of hydrogen-bond donors (Lipinski definition) is 0. The summed E-state index contributed by atoms with van der Waals surface area (Å²) in [5.41, 5.74) is 0.938. The average Bonchev–Trinajstić information content (AvgIpc) is 3.56. The first-order valence-electron chi connectivity index (χ1n) is 12.4. The molecular formula is C26H30N4O4S. The quantitative estimate of drug-likeness (QED) is 0.425. The lowest BCUT2D eigenvalue weighted by atomic mass is 9.91. The van der Waals surface area contributed by atoms with E-state index in [1.165, 1.54) is 35.1 Å². The van der Waals surface area contributed by atoms with Gasteiger partial charge in [-0.3, -0.25) is 19.0 Å². The highest BCUT2D eigenvalue weighted by molar-refractivity contribution is 7.22. The molecule has 184 valence electrons. The number of para-hydroxylation sites is 1. The van der Waals surface area contributed by atoms with Gasteiger partial charge in [0.25, 0.3) is 5.56 Å². The Balaban J connectivity index is 1.29. The maximum atomic E-state index is 13.1. The number of carbonyl (C=O) groups excluding carboxylic acids is 2. The van der Waals surface area contributed by atoms with E-state index < -0.39 is 0 Å². The fraction of sp³-hybridized carbons (Fsp3) is 0.500. The summed E-state index contributed by atoms with van der Waals surface area (Å²) < 4.78 is 7.40. The lowest BCUT2D eigenvalue weighted by Crippen LogP contribution is -2.38. The lowest BCUT2D eigenvalue weighted by molar-refractivity contribution is -0.123. The third-order valence-corrected chi connectivity index (χ3v) is 7.81. The minimum Gasteiger partial charge on any atom is -0.494 e. The molecule has 1 aromatic carbocycles. The van der Waals surface area contributed by atoms with E-state index in [1.54, 1.807) is 0 Å². The van der Waals surface area contributed by atoms with Gasteiger partial charge in [0, 0.05) is 37.4 Å². The number of thiazole rings is 1. The van der Waals surface area contributed by atoms with Gasteiger partial charge in [-0.05, 0) is 44.6 Å². The molecule has 9 heteroatoms. The van der Waals surface area contributed by atoms with E-state index in [0.29, 0.717) is 47.4 Å². The third-order valence-electron chi connectivity index (χ3n) is 6.71. The van der Waals surface area contributed by atoms with Crippen LogP contribution in [-0.2, 0) is 22.6 Å². The zero-order valence-electron chi connectivity index (χ0n) is 19.9. The molecule has 0 spiro atoms. The van der Waals surface area contributed by atoms with Gasteiger partial charge in [0.2, 0.25) is 0 Å². The van der Waals surface area contributed by atoms with E-state index in [2.05, 4.69) is 14.9 Å². The van der Waals surface area contributed by atoms with Crippen molar-refractivity contribution in [3.05, 3.63) is 46.5 Å². The van der Waals surface area contributed by atoms with Gasteiger partial charge in [0.05, 0.1) is 13.2 Å². The summed E-state index contributed by atoms with van der Waals surface area (Å²) in [6.45, 7) is 3.83. The lowest BCUT2D eigenvalue weighted by Gasteiger charge is -2.31. The normalized spacial score (nSPS) is 18.1. The number of rotatable bonds is 10. The second-order valence-corrected chi connectivity index (χ2v) is 10.5. The fourth-order valence-electron chi connectivity index (χ4n) is 4.67. The highest BCUT2D eigenvalue weighted by Crippen LogP contribution is 2.35. The van der Waals surface area contributed by atoms with Crippen LogP contribution >= 0.6 is 11.3 Å². The average molecular weight is 495 g/mol. The molecule has 0 N–H and O–H groups in total. The Morgan fingerprint density at radius 2 is 2.03 bits per heavy atom. The van der Waals surface area contributed by atoms with E-state index in [-0.39, 0.29) is 30.2 Å². The third kappa shape index (κ3) is 5.45. The Labute approximate surface area is 207 Å². The van der Waals surface area contributed by atoms with Crippen molar-refractivity contribution in [3.63, 3.8) is 0 Å².